The lowest BCUT2D eigenvalue weighted by atomic mass is 10.2. The molecule has 0 aliphatic rings. The third-order valence-corrected chi connectivity index (χ3v) is 3.62. The summed E-state index contributed by atoms with van der Waals surface area (Å²) in [6.07, 6.45) is 1.44. The lowest BCUT2D eigenvalue weighted by molar-refractivity contribution is 0.0525. The van der Waals surface area contributed by atoms with Crippen molar-refractivity contribution in [3.8, 4) is 0 Å². The van der Waals surface area contributed by atoms with Gasteiger partial charge in [0, 0.05) is 19.6 Å². The van der Waals surface area contributed by atoms with E-state index < -0.39 is 11.7 Å². The molecule has 3 N–H and O–H groups in total. The first kappa shape index (κ1) is 22.8. The molecule has 1 rings (SSSR count). The van der Waals surface area contributed by atoms with Crippen LogP contribution in [0.5, 0.6) is 0 Å². The molecule has 152 valence electrons. The van der Waals surface area contributed by atoms with E-state index in [1.165, 1.54) is 0 Å². The van der Waals surface area contributed by atoms with Gasteiger partial charge in [-0.2, -0.15) is 0 Å². The Bertz CT molecular complexity index is 558. The zero-order valence-corrected chi connectivity index (χ0v) is 16.7. The fraction of sp³-hybridized carbons (Fsp3) is 0.600. The van der Waals surface area contributed by atoms with Crippen LogP contribution in [0.1, 0.15) is 45.6 Å². The number of unbranched alkanes of at least 4 members (excludes halogenated alkanes) is 1. The van der Waals surface area contributed by atoms with Crippen LogP contribution in [0.4, 0.5) is 9.59 Å². The number of alkyl carbamates (subject to hydrolysis) is 1. The number of amides is 2. The number of hydrogen-bond acceptors (Lipinski definition) is 5. The van der Waals surface area contributed by atoms with Crippen LogP contribution < -0.4 is 11.1 Å². The van der Waals surface area contributed by atoms with E-state index in [0.29, 0.717) is 26.2 Å². The first-order valence-electron chi connectivity index (χ1n) is 9.44. The van der Waals surface area contributed by atoms with E-state index in [1.807, 2.05) is 51.1 Å². The van der Waals surface area contributed by atoms with Crippen molar-refractivity contribution in [3.63, 3.8) is 0 Å². The smallest absolute Gasteiger partial charge is 0.410 e. The Labute approximate surface area is 162 Å². The Kier molecular flexibility index (Phi) is 10.3. The highest BCUT2D eigenvalue weighted by Gasteiger charge is 2.16. The number of carbonyl (C=O) groups is 2. The van der Waals surface area contributed by atoms with Gasteiger partial charge in [-0.25, -0.2) is 9.59 Å². The number of nitrogens with zero attached hydrogens (tertiary/aromatic N) is 1. The predicted octanol–water partition coefficient (Wildman–Crippen LogP) is 3.28. The van der Waals surface area contributed by atoms with E-state index in [2.05, 4.69) is 5.32 Å². The first-order chi connectivity index (χ1) is 12.8. The van der Waals surface area contributed by atoms with Crippen molar-refractivity contribution in [3.05, 3.63) is 35.9 Å². The minimum atomic E-state index is -0.508. The second-order valence-electron chi connectivity index (χ2n) is 7.31. The molecule has 27 heavy (non-hydrogen) atoms. The first-order valence-corrected chi connectivity index (χ1v) is 9.44. The molecule has 0 spiro atoms. The maximum absolute atomic E-state index is 12.3. The molecule has 1 aromatic carbocycles. The van der Waals surface area contributed by atoms with Gasteiger partial charge in [0.25, 0.3) is 0 Å². The molecule has 0 radical (unpaired) electrons. The molecule has 0 fully saturated rings. The summed E-state index contributed by atoms with van der Waals surface area (Å²) in [5, 5.41) is 2.72. The van der Waals surface area contributed by atoms with Gasteiger partial charge in [-0.05, 0) is 52.1 Å². The van der Waals surface area contributed by atoms with Crippen LogP contribution in [-0.2, 0) is 16.1 Å². The van der Waals surface area contributed by atoms with Crippen LogP contribution in [-0.4, -0.2) is 48.9 Å². The highest BCUT2D eigenvalue weighted by atomic mass is 16.6. The standard InChI is InChI=1S/C20H33N3O4/c1-20(2,3)27-18(24)22-13-7-8-14-23(15-9-12-21)19(25)26-16-17-10-5-4-6-11-17/h4-6,10-11H,7-9,12-16,21H2,1-3H3,(H,22,24). The van der Waals surface area contributed by atoms with Crippen molar-refractivity contribution in [1.29, 1.82) is 0 Å². The van der Waals surface area contributed by atoms with E-state index >= 15 is 0 Å². The molecule has 0 aliphatic heterocycles. The highest BCUT2D eigenvalue weighted by Crippen LogP contribution is 2.07. The lowest BCUT2D eigenvalue weighted by Crippen LogP contribution is -2.35. The van der Waals surface area contributed by atoms with Gasteiger partial charge in [-0.3, -0.25) is 0 Å². The van der Waals surface area contributed by atoms with Gasteiger partial charge in [-0.15, -0.1) is 0 Å². The molecule has 7 nitrogen and oxygen atoms in total. The Morgan fingerprint density at radius 3 is 2.37 bits per heavy atom. The summed E-state index contributed by atoms with van der Waals surface area (Å²) in [4.78, 5) is 25.6. The normalized spacial score (nSPS) is 11.0. The minimum Gasteiger partial charge on any atom is -0.445 e. The summed E-state index contributed by atoms with van der Waals surface area (Å²) >= 11 is 0. The van der Waals surface area contributed by atoms with E-state index in [-0.39, 0.29) is 12.7 Å². The number of ether oxygens (including phenoxy) is 2. The van der Waals surface area contributed by atoms with Crippen LogP contribution in [0, 0.1) is 0 Å². The molecular formula is C20H33N3O4. The Balaban J connectivity index is 2.32. The molecule has 0 heterocycles. The van der Waals surface area contributed by atoms with E-state index in [9.17, 15) is 9.59 Å². The highest BCUT2D eigenvalue weighted by molar-refractivity contribution is 5.68. The maximum atomic E-state index is 12.3. The number of hydrogen-bond donors (Lipinski definition) is 2. The SMILES string of the molecule is CC(C)(C)OC(=O)NCCCCN(CCCN)C(=O)OCc1ccccc1. The lowest BCUT2D eigenvalue weighted by Gasteiger charge is -2.22. The molecule has 0 aliphatic carbocycles. The number of benzene rings is 1. The van der Waals surface area contributed by atoms with Crippen molar-refractivity contribution < 1.29 is 19.1 Å². The summed E-state index contributed by atoms with van der Waals surface area (Å²) in [6, 6.07) is 9.57. The second kappa shape index (κ2) is 12.2. The van der Waals surface area contributed by atoms with Gasteiger partial charge in [0.1, 0.15) is 12.2 Å². The Hall–Kier alpha value is -2.28. The zero-order valence-electron chi connectivity index (χ0n) is 16.7. The number of nitrogens with one attached hydrogen (secondary N) is 1. The van der Waals surface area contributed by atoms with Crippen LogP contribution in [0.2, 0.25) is 0 Å². The summed E-state index contributed by atoms with van der Waals surface area (Å²) in [7, 11) is 0. The van der Waals surface area contributed by atoms with Gasteiger partial charge in [0.15, 0.2) is 0 Å². The van der Waals surface area contributed by atoms with E-state index in [0.717, 1.165) is 24.8 Å². The van der Waals surface area contributed by atoms with Crippen LogP contribution in [0.15, 0.2) is 30.3 Å². The van der Waals surface area contributed by atoms with Crippen LogP contribution >= 0.6 is 0 Å². The summed E-state index contributed by atoms with van der Waals surface area (Å²) < 4.78 is 10.6. The van der Waals surface area contributed by atoms with Crippen molar-refractivity contribution in [2.75, 3.05) is 26.2 Å². The third kappa shape index (κ3) is 11.1. The minimum absolute atomic E-state index is 0.249. The number of carbonyl (C=O) groups excluding carboxylic acids is 2. The molecule has 7 heteroatoms. The van der Waals surface area contributed by atoms with Gasteiger partial charge in [0.2, 0.25) is 0 Å². The monoisotopic (exact) mass is 379 g/mol. The quantitative estimate of drug-likeness (QED) is 0.609. The molecule has 0 atom stereocenters. The zero-order chi connectivity index (χ0) is 20.1. The average Bonchev–Trinajstić information content (AvgIpc) is 2.61. The fourth-order valence-electron chi connectivity index (χ4n) is 2.32. The van der Waals surface area contributed by atoms with E-state index in [4.69, 9.17) is 15.2 Å². The van der Waals surface area contributed by atoms with E-state index in [1.54, 1.807) is 4.90 Å². The largest absolute Gasteiger partial charge is 0.445 e. The number of nitrogens with two attached hydrogens (primary N) is 1. The molecule has 1 aromatic rings. The third-order valence-electron chi connectivity index (χ3n) is 3.62. The van der Waals surface area contributed by atoms with Gasteiger partial charge < -0.3 is 25.4 Å². The molecule has 0 unspecified atom stereocenters. The second-order valence-corrected chi connectivity index (χ2v) is 7.31. The molecule has 0 bridgehead atoms. The molecule has 2 amide bonds. The summed E-state index contributed by atoms with van der Waals surface area (Å²) in [5.74, 6) is 0. The summed E-state index contributed by atoms with van der Waals surface area (Å²) in [6.45, 7) is 7.85. The predicted molar refractivity (Wildman–Crippen MR) is 105 cm³/mol. The van der Waals surface area contributed by atoms with Crippen molar-refractivity contribution in [1.82, 2.24) is 10.2 Å². The van der Waals surface area contributed by atoms with Crippen molar-refractivity contribution in [2.45, 2.75) is 52.2 Å². The number of rotatable bonds is 10. The van der Waals surface area contributed by atoms with Gasteiger partial charge in [-0.1, -0.05) is 30.3 Å². The molecule has 0 saturated heterocycles. The average molecular weight is 380 g/mol. The molecule has 0 aromatic heterocycles. The van der Waals surface area contributed by atoms with Crippen LogP contribution in [0.25, 0.3) is 0 Å². The topological polar surface area (TPSA) is 93.9 Å². The fourth-order valence-corrected chi connectivity index (χ4v) is 2.32. The summed E-state index contributed by atoms with van der Waals surface area (Å²) in [5.41, 5.74) is 6.00. The molecular weight excluding hydrogens is 346 g/mol. The Morgan fingerprint density at radius 1 is 1.07 bits per heavy atom. The maximum Gasteiger partial charge on any atom is 0.410 e. The van der Waals surface area contributed by atoms with Crippen molar-refractivity contribution in [2.24, 2.45) is 5.73 Å². The van der Waals surface area contributed by atoms with Crippen molar-refractivity contribution >= 4 is 12.2 Å². The van der Waals surface area contributed by atoms with Crippen LogP contribution in [0.3, 0.4) is 0 Å². The molecule has 0 saturated carbocycles. The van der Waals surface area contributed by atoms with Gasteiger partial charge in [0.05, 0.1) is 0 Å². The van der Waals surface area contributed by atoms with Gasteiger partial charge >= 0.3 is 12.2 Å². The Morgan fingerprint density at radius 2 is 1.74 bits per heavy atom.